The first-order valence-corrected chi connectivity index (χ1v) is 5.88. The Morgan fingerprint density at radius 2 is 1.70 bits per heavy atom. The fourth-order valence-corrected chi connectivity index (χ4v) is 2.40. The molecule has 0 radical (unpaired) electrons. The largest absolute Gasteiger partial charge is 0.368 e. The number of fused-ring (bicyclic) bond motifs is 1. The normalized spacial score (nSPS) is 18.0. The van der Waals surface area contributed by atoms with Crippen LogP contribution in [0.15, 0.2) is 30.5 Å². The number of carbonyl (C=O) groups excluding carboxylic acids is 3. The molecule has 0 atom stereocenters. The van der Waals surface area contributed by atoms with Crippen LogP contribution >= 0.6 is 0 Å². The van der Waals surface area contributed by atoms with Crippen LogP contribution in [0, 0.1) is 0 Å². The van der Waals surface area contributed by atoms with Gasteiger partial charge in [0, 0.05) is 29.7 Å². The Kier molecular flexibility index (Phi) is 2.42. The highest BCUT2D eigenvalue weighted by Crippen LogP contribution is 2.31. The van der Waals surface area contributed by atoms with Crippen LogP contribution < -0.4 is 10.6 Å². The Morgan fingerprint density at radius 3 is 2.35 bits per heavy atom. The topological polar surface area (TPSA) is 100 Å². The van der Waals surface area contributed by atoms with Crippen LogP contribution in [-0.4, -0.2) is 27.5 Å². The summed E-state index contributed by atoms with van der Waals surface area (Å²) in [4.78, 5) is 35.0. The average molecular weight is 273 g/mol. The van der Waals surface area contributed by atoms with Crippen molar-refractivity contribution in [2.24, 2.45) is 7.05 Å². The lowest BCUT2D eigenvalue weighted by Gasteiger charge is -2.28. The number of aliphatic hydroxyl groups is 1. The van der Waals surface area contributed by atoms with Gasteiger partial charge in [0.2, 0.25) is 0 Å². The van der Waals surface area contributed by atoms with Gasteiger partial charge in [-0.25, -0.2) is 4.79 Å². The third-order valence-corrected chi connectivity index (χ3v) is 3.40. The lowest BCUT2D eigenvalue weighted by molar-refractivity contribution is -0.155. The number of benzene rings is 1. The van der Waals surface area contributed by atoms with Gasteiger partial charge in [0.25, 0.3) is 17.4 Å². The van der Waals surface area contributed by atoms with E-state index in [0.717, 1.165) is 5.52 Å². The summed E-state index contributed by atoms with van der Waals surface area (Å²) in [7, 11) is 1.74. The molecule has 2 aromatic rings. The number of barbiturate groups is 1. The van der Waals surface area contributed by atoms with Crippen molar-refractivity contribution in [1.29, 1.82) is 0 Å². The number of aryl methyl sites for hydroxylation is 1. The van der Waals surface area contributed by atoms with E-state index in [1.165, 1.54) is 6.20 Å². The first kappa shape index (κ1) is 12.4. The van der Waals surface area contributed by atoms with Gasteiger partial charge < -0.3 is 9.67 Å². The third-order valence-electron chi connectivity index (χ3n) is 3.40. The molecule has 1 aliphatic rings. The molecule has 7 nitrogen and oxygen atoms in total. The highest BCUT2D eigenvalue weighted by atomic mass is 16.3. The number of hydrogen-bond donors (Lipinski definition) is 3. The summed E-state index contributed by atoms with van der Waals surface area (Å²) in [6, 6.07) is 6.09. The van der Waals surface area contributed by atoms with Gasteiger partial charge in [0.15, 0.2) is 0 Å². The van der Waals surface area contributed by atoms with Crippen molar-refractivity contribution in [1.82, 2.24) is 15.2 Å². The second-order valence-corrected chi connectivity index (χ2v) is 4.62. The number of urea groups is 1. The molecule has 0 bridgehead atoms. The maximum Gasteiger partial charge on any atom is 0.328 e. The van der Waals surface area contributed by atoms with Crippen LogP contribution in [0.5, 0.6) is 0 Å². The van der Waals surface area contributed by atoms with E-state index in [1.54, 1.807) is 35.9 Å². The van der Waals surface area contributed by atoms with Gasteiger partial charge in [-0.2, -0.15) is 0 Å². The Balaban J connectivity index is 2.26. The molecule has 1 fully saturated rings. The van der Waals surface area contributed by atoms with E-state index in [-0.39, 0.29) is 5.56 Å². The molecule has 0 aliphatic carbocycles. The predicted octanol–water partition coefficient (Wildman–Crippen LogP) is -0.268. The van der Waals surface area contributed by atoms with E-state index in [4.69, 9.17) is 0 Å². The molecule has 0 unspecified atom stereocenters. The van der Waals surface area contributed by atoms with Crippen molar-refractivity contribution in [2.45, 2.75) is 5.60 Å². The minimum absolute atomic E-state index is 0.137. The smallest absolute Gasteiger partial charge is 0.328 e. The Bertz CT molecular complexity index is 742. The summed E-state index contributed by atoms with van der Waals surface area (Å²) >= 11 is 0. The number of nitrogens with one attached hydrogen (secondary N) is 2. The van der Waals surface area contributed by atoms with Crippen molar-refractivity contribution in [2.75, 3.05) is 0 Å². The maximum absolute atomic E-state index is 11.9. The summed E-state index contributed by atoms with van der Waals surface area (Å²) < 4.78 is 1.69. The Hall–Kier alpha value is -2.67. The van der Waals surface area contributed by atoms with Crippen molar-refractivity contribution < 1.29 is 19.5 Å². The molecular formula is C13H11N3O4. The maximum atomic E-state index is 11.9. The number of amides is 4. The molecule has 1 saturated heterocycles. The highest BCUT2D eigenvalue weighted by Gasteiger charge is 2.51. The van der Waals surface area contributed by atoms with Crippen LogP contribution in [0.4, 0.5) is 4.79 Å². The van der Waals surface area contributed by atoms with Crippen LogP contribution in [0.25, 0.3) is 10.9 Å². The molecule has 0 spiro atoms. The molecule has 7 heteroatoms. The van der Waals surface area contributed by atoms with Crippen molar-refractivity contribution >= 4 is 28.7 Å². The van der Waals surface area contributed by atoms with Gasteiger partial charge in [0.1, 0.15) is 0 Å². The van der Waals surface area contributed by atoms with Crippen LogP contribution in [0.3, 0.4) is 0 Å². The average Bonchev–Trinajstić information content (AvgIpc) is 2.74. The molecule has 1 aromatic carbocycles. The van der Waals surface area contributed by atoms with E-state index in [9.17, 15) is 19.5 Å². The monoisotopic (exact) mass is 273 g/mol. The van der Waals surface area contributed by atoms with Crippen LogP contribution in [-0.2, 0) is 22.2 Å². The molecule has 4 amide bonds. The molecule has 2 heterocycles. The number of imide groups is 2. The third kappa shape index (κ3) is 1.47. The number of para-hydroxylation sites is 1. The SMILES string of the molecule is Cn1cc(C2(O)C(=O)NC(=O)NC2=O)c2ccccc21. The number of aromatic nitrogens is 1. The second-order valence-electron chi connectivity index (χ2n) is 4.62. The molecule has 102 valence electrons. The summed E-state index contributed by atoms with van der Waals surface area (Å²) in [5.41, 5.74) is -1.53. The second kappa shape index (κ2) is 3.91. The molecule has 1 aliphatic heterocycles. The van der Waals surface area contributed by atoms with E-state index in [1.807, 2.05) is 10.6 Å². The summed E-state index contributed by atoms with van der Waals surface area (Å²) in [5, 5.41) is 14.9. The molecule has 0 saturated carbocycles. The van der Waals surface area contributed by atoms with E-state index in [0.29, 0.717) is 5.39 Å². The number of nitrogens with zero attached hydrogens (tertiary/aromatic N) is 1. The molecule has 3 rings (SSSR count). The summed E-state index contributed by atoms with van der Waals surface area (Å²) in [6.07, 6.45) is 1.50. The van der Waals surface area contributed by atoms with Gasteiger partial charge in [-0.1, -0.05) is 18.2 Å². The predicted molar refractivity (Wildman–Crippen MR) is 68.5 cm³/mol. The zero-order valence-corrected chi connectivity index (χ0v) is 10.5. The van der Waals surface area contributed by atoms with E-state index in [2.05, 4.69) is 0 Å². The summed E-state index contributed by atoms with van der Waals surface area (Å²) in [5.74, 6) is -2.11. The van der Waals surface area contributed by atoms with Crippen molar-refractivity contribution in [3.63, 3.8) is 0 Å². The van der Waals surface area contributed by atoms with Gasteiger partial charge >= 0.3 is 6.03 Å². The van der Waals surface area contributed by atoms with Gasteiger partial charge in [-0.05, 0) is 6.07 Å². The standard InChI is InChI=1S/C13H11N3O4/c1-16-6-8(7-4-2-3-5-9(7)16)13(20)10(17)14-12(19)15-11(13)18/h2-6,20H,1H3,(H2,14,15,17,18,19). The fraction of sp³-hybridized carbons (Fsp3) is 0.154. The van der Waals surface area contributed by atoms with E-state index < -0.39 is 23.4 Å². The first-order valence-electron chi connectivity index (χ1n) is 5.88. The van der Waals surface area contributed by atoms with Gasteiger partial charge in [0.05, 0.1) is 0 Å². The highest BCUT2D eigenvalue weighted by molar-refractivity contribution is 6.22. The fourth-order valence-electron chi connectivity index (χ4n) is 2.40. The lowest BCUT2D eigenvalue weighted by Crippen LogP contribution is -2.64. The Labute approximate surface area is 113 Å². The van der Waals surface area contributed by atoms with Crippen molar-refractivity contribution in [3.05, 3.63) is 36.0 Å². The number of carbonyl (C=O) groups is 3. The quantitative estimate of drug-likeness (QED) is 0.623. The number of rotatable bonds is 1. The van der Waals surface area contributed by atoms with Gasteiger partial charge in [-0.3, -0.25) is 20.2 Å². The van der Waals surface area contributed by atoms with Crippen LogP contribution in [0.1, 0.15) is 5.56 Å². The number of hydrogen-bond acceptors (Lipinski definition) is 4. The molecule has 3 N–H and O–H groups in total. The lowest BCUT2D eigenvalue weighted by atomic mass is 9.90. The van der Waals surface area contributed by atoms with E-state index >= 15 is 0 Å². The molecule has 20 heavy (non-hydrogen) atoms. The summed E-state index contributed by atoms with van der Waals surface area (Å²) in [6.45, 7) is 0. The minimum Gasteiger partial charge on any atom is -0.368 e. The van der Waals surface area contributed by atoms with Crippen molar-refractivity contribution in [3.8, 4) is 0 Å². The molecule has 1 aromatic heterocycles. The zero-order chi connectivity index (χ0) is 14.5. The zero-order valence-electron chi connectivity index (χ0n) is 10.5. The minimum atomic E-state index is -2.42. The first-order chi connectivity index (χ1) is 9.44. The Morgan fingerprint density at radius 1 is 1.10 bits per heavy atom. The van der Waals surface area contributed by atoms with Crippen LogP contribution in [0.2, 0.25) is 0 Å². The van der Waals surface area contributed by atoms with Gasteiger partial charge in [-0.15, -0.1) is 0 Å². The molecular weight excluding hydrogens is 262 g/mol.